The van der Waals surface area contributed by atoms with Crippen molar-refractivity contribution < 1.29 is 17.6 Å². The molecule has 5 aromatic rings. The fourth-order valence-electron chi connectivity index (χ4n) is 4.42. The minimum absolute atomic E-state index is 0.0899. The van der Waals surface area contributed by atoms with Gasteiger partial charge in [-0.2, -0.15) is 18.2 Å². The third-order valence-electron chi connectivity index (χ3n) is 6.56. The number of nitrogens with zero attached hydrogens (tertiary/aromatic N) is 7. The molecule has 7 nitrogen and oxygen atoms in total. The van der Waals surface area contributed by atoms with Crippen LogP contribution in [0.5, 0.6) is 0 Å². The van der Waals surface area contributed by atoms with Crippen LogP contribution in [0, 0.1) is 5.82 Å². The van der Waals surface area contributed by atoms with Crippen LogP contribution < -0.4 is 4.90 Å². The van der Waals surface area contributed by atoms with E-state index in [0.29, 0.717) is 33.8 Å². The number of fused-ring (bicyclic) bond motifs is 3. The summed E-state index contributed by atoms with van der Waals surface area (Å²) in [5, 5.41) is 8.36. The Morgan fingerprint density at radius 3 is 2.44 bits per heavy atom. The lowest BCUT2D eigenvalue weighted by Crippen LogP contribution is -2.28. The number of halogens is 5. The van der Waals surface area contributed by atoms with E-state index >= 15 is 0 Å². The number of benzene rings is 2. The Kier molecular flexibility index (Phi) is 4.91. The Balaban J connectivity index is 1.39. The van der Waals surface area contributed by atoms with Crippen molar-refractivity contribution in [2.24, 2.45) is 0 Å². The minimum Gasteiger partial charge on any atom is -0.312 e. The van der Waals surface area contributed by atoms with Crippen molar-refractivity contribution in [1.82, 2.24) is 29.5 Å². The molecular formula is C24H16ClF4N7. The Morgan fingerprint density at radius 2 is 1.75 bits per heavy atom. The molecule has 182 valence electrons. The van der Waals surface area contributed by atoms with Gasteiger partial charge in [0, 0.05) is 18.0 Å². The van der Waals surface area contributed by atoms with E-state index in [4.69, 9.17) is 11.6 Å². The quantitative estimate of drug-likeness (QED) is 0.279. The second-order valence-corrected chi connectivity index (χ2v) is 9.02. The maximum Gasteiger partial charge on any atom is 0.398 e. The van der Waals surface area contributed by atoms with Crippen LogP contribution in [0.25, 0.3) is 27.9 Å². The topological polar surface area (TPSA) is 72.1 Å². The van der Waals surface area contributed by atoms with Crippen molar-refractivity contribution in [3.63, 3.8) is 0 Å². The highest BCUT2D eigenvalue weighted by Crippen LogP contribution is 2.58. The number of hydrogen-bond donors (Lipinski definition) is 0. The van der Waals surface area contributed by atoms with Gasteiger partial charge in [0.25, 0.3) is 5.78 Å². The smallest absolute Gasteiger partial charge is 0.312 e. The summed E-state index contributed by atoms with van der Waals surface area (Å²) in [5.41, 5.74) is 0.132. The van der Waals surface area contributed by atoms with E-state index in [1.807, 2.05) is 0 Å². The van der Waals surface area contributed by atoms with Crippen molar-refractivity contribution >= 4 is 39.9 Å². The lowest BCUT2D eigenvalue weighted by Gasteiger charge is -2.20. The zero-order valence-corrected chi connectivity index (χ0v) is 19.4. The van der Waals surface area contributed by atoms with Gasteiger partial charge >= 0.3 is 6.18 Å². The van der Waals surface area contributed by atoms with Crippen LogP contribution >= 0.6 is 11.6 Å². The molecule has 12 heteroatoms. The molecule has 3 heterocycles. The molecule has 1 saturated carbocycles. The summed E-state index contributed by atoms with van der Waals surface area (Å²) < 4.78 is 56.1. The van der Waals surface area contributed by atoms with E-state index in [1.54, 1.807) is 30.1 Å². The van der Waals surface area contributed by atoms with Gasteiger partial charge in [0.05, 0.1) is 29.0 Å². The van der Waals surface area contributed by atoms with Crippen LogP contribution in [-0.4, -0.2) is 42.8 Å². The van der Waals surface area contributed by atoms with Crippen LogP contribution in [0.2, 0.25) is 5.28 Å². The van der Waals surface area contributed by atoms with Crippen molar-refractivity contribution in [3.8, 4) is 11.3 Å². The molecule has 0 radical (unpaired) electrons. The molecule has 1 aliphatic carbocycles. The molecule has 0 aliphatic heterocycles. The molecule has 0 spiro atoms. The molecule has 0 atom stereocenters. The van der Waals surface area contributed by atoms with Crippen LogP contribution in [0.4, 0.5) is 29.2 Å². The maximum atomic E-state index is 14.2. The summed E-state index contributed by atoms with van der Waals surface area (Å²) in [6.45, 7) is 0. The summed E-state index contributed by atoms with van der Waals surface area (Å²) in [4.78, 5) is 15.0. The first-order valence-electron chi connectivity index (χ1n) is 10.9. The Hall–Kier alpha value is -3.86. The van der Waals surface area contributed by atoms with Crippen LogP contribution in [-0.2, 0) is 5.41 Å². The zero-order valence-electron chi connectivity index (χ0n) is 18.6. The van der Waals surface area contributed by atoms with E-state index in [0.717, 1.165) is 0 Å². The van der Waals surface area contributed by atoms with E-state index in [2.05, 4.69) is 25.1 Å². The fourth-order valence-corrected chi connectivity index (χ4v) is 4.62. The first-order chi connectivity index (χ1) is 17.2. The molecule has 1 aliphatic rings. The second-order valence-electron chi connectivity index (χ2n) is 8.68. The first-order valence-corrected chi connectivity index (χ1v) is 11.3. The van der Waals surface area contributed by atoms with Gasteiger partial charge in [-0.15, -0.1) is 10.2 Å². The normalized spacial score (nSPS) is 14.9. The van der Waals surface area contributed by atoms with Crippen LogP contribution in [0.15, 0.2) is 54.9 Å². The second kappa shape index (κ2) is 7.82. The largest absolute Gasteiger partial charge is 0.398 e. The number of alkyl halides is 3. The van der Waals surface area contributed by atoms with Crippen molar-refractivity contribution in [3.05, 3.63) is 71.5 Å². The summed E-state index contributed by atoms with van der Waals surface area (Å²) >= 11 is 6.15. The number of anilines is 2. The molecule has 3 aromatic heterocycles. The molecular weight excluding hydrogens is 498 g/mol. The van der Waals surface area contributed by atoms with E-state index in [-0.39, 0.29) is 29.5 Å². The Labute approximate surface area is 206 Å². The third kappa shape index (κ3) is 3.45. The average Bonchev–Trinajstić information content (AvgIpc) is 3.62. The van der Waals surface area contributed by atoms with Crippen molar-refractivity contribution in [2.75, 3.05) is 11.9 Å². The van der Waals surface area contributed by atoms with Gasteiger partial charge < -0.3 is 4.90 Å². The highest BCUT2D eigenvalue weighted by Gasteiger charge is 2.64. The Bertz CT molecular complexity index is 1630. The zero-order chi connectivity index (χ0) is 25.2. The molecule has 0 amide bonds. The highest BCUT2D eigenvalue weighted by atomic mass is 35.5. The van der Waals surface area contributed by atoms with Crippen LogP contribution in [0.3, 0.4) is 0 Å². The predicted molar refractivity (Wildman–Crippen MR) is 126 cm³/mol. The van der Waals surface area contributed by atoms with E-state index < -0.39 is 17.4 Å². The average molecular weight is 514 g/mol. The lowest BCUT2D eigenvalue weighted by molar-refractivity contribution is -0.160. The number of hydrogen-bond acceptors (Lipinski definition) is 6. The van der Waals surface area contributed by atoms with Crippen molar-refractivity contribution in [2.45, 2.75) is 24.4 Å². The molecule has 2 aromatic carbocycles. The SMILES string of the molecule is CN(c1cncc(-c2ccc(C3(C(F)(F)F)CC3)cc2)n1)c1nc2nnc(Cl)n2c2ccc(F)cc12. The molecule has 0 saturated heterocycles. The van der Waals surface area contributed by atoms with Gasteiger partial charge in [-0.3, -0.25) is 4.98 Å². The van der Waals surface area contributed by atoms with E-state index in [1.165, 1.54) is 41.1 Å². The summed E-state index contributed by atoms with van der Waals surface area (Å²) in [5.74, 6) is 0.497. The first kappa shape index (κ1) is 22.6. The lowest BCUT2D eigenvalue weighted by atomic mass is 9.94. The summed E-state index contributed by atoms with van der Waals surface area (Å²) in [7, 11) is 1.69. The molecule has 0 bridgehead atoms. The van der Waals surface area contributed by atoms with E-state index in [9.17, 15) is 17.6 Å². The van der Waals surface area contributed by atoms with Gasteiger partial charge in [-0.05, 0) is 48.2 Å². The molecule has 0 unspecified atom stereocenters. The predicted octanol–water partition coefficient (Wildman–Crippen LogP) is 5.89. The minimum atomic E-state index is -4.28. The van der Waals surface area contributed by atoms with Gasteiger partial charge in [0.1, 0.15) is 11.6 Å². The van der Waals surface area contributed by atoms with Crippen molar-refractivity contribution in [1.29, 1.82) is 0 Å². The molecule has 1 fully saturated rings. The number of rotatable bonds is 4. The van der Waals surface area contributed by atoms with Gasteiger partial charge in [0.15, 0.2) is 5.82 Å². The standard InChI is InChI=1S/C24H16ClF4N7/c1-35(20-16-10-15(26)6-7-18(16)36-21(25)33-34-22(36)32-20)19-12-30-11-17(31-19)13-2-4-14(5-3-13)23(8-9-23)24(27,28)29/h2-7,10-12H,8-9H2,1H3. The highest BCUT2D eigenvalue weighted by molar-refractivity contribution is 6.29. The van der Waals surface area contributed by atoms with Gasteiger partial charge in [-0.25, -0.2) is 13.8 Å². The van der Waals surface area contributed by atoms with Gasteiger partial charge in [0.2, 0.25) is 5.28 Å². The molecule has 36 heavy (non-hydrogen) atoms. The number of aromatic nitrogens is 6. The fraction of sp³-hybridized carbons (Fsp3) is 0.208. The maximum absolute atomic E-state index is 14.2. The molecule has 0 N–H and O–H groups in total. The molecule has 6 rings (SSSR count). The summed E-state index contributed by atoms with van der Waals surface area (Å²) in [6, 6.07) is 10.4. The third-order valence-corrected chi connectivity index (χ3v) is 6.81. The Morgan fingerprint density at radius 1 is 1.00 bits per heavy atom. The van der Waals surface area contributed by atoms with Crippen LogP contribution in [0.1, 0.15) is 18.4 Å². The van der Waals surface area contributed by atoms with Gasteiger partial charge in [-0.1, -0.05) is 24.3 Å². The summed E-state index contributed by atoms with van der Waals surface area (Å²) in [6.07, 6.45) is -1.05. The monoisotopic (exact) mass is 513 g/mol.